The molecule has 1 N–H and O–H groups in total. The third-order valence-corrected chi connectivity index (χ3v) is 4.64. The maximum atomic E-state index is 11.3. The summed E-state index contributed by atoms with van der Waals surface area (Å²) in [7, 11) is 0. The Kier molecular flexibility index (Phi) is 4.32. The second kappa shape index (κ2) is 5.80. The Morgan fingerprint density at radius 1 is 1.16 bits per heavy atom. The predicted molar refractivity (Wildman–Crippen MR) is 81.1 cm³/mol. The quantitative estimate of drug-likeness (QED) is 0.864. The normalized spacial score (nSPS) is 10.5. The highest BCUT2D eigenvalue weighted by Gasteiger charge is 2.15. The van der Waals surface area contributed by atoms with Gasteiger partial charge in [0, 0.05) is 14.3 Å². The molecule has 19 heavy (non-hydrogen) atoms. The molecule has 0 heterocycles. The number of carboxylic acid groups (broad SMARTS) is 1. The standard InChI is InChI=1S/C15H13BrO2S/c1-9-6-7-12(10(2)8-9)19-13-5-3-4-11(16)14(13)15(17)18/h3-8H,1-2H3,(H,17,18). The van der Waals surface area contributed by atoms with Crippen molar-refractivity contribution in [1.29, 1.82) is 0 Å². The smallest absolute Gasteiger partial charge is 0.338 e. The second-order valence-electron chi connectivity index (χ2n) is 4.29. The molecule has 0 aromatic heterocycles. The van der Waals surface area contributed by atoms with Crippen LogP contribution in [0.1, 0.15) is 21.5 Å². The lowest BCUT2D eigenvalue weighted by atomic mass is 10.2. The number of aromatic carboxylic acids is 1. The van der Waals surface area contributed by atoms with Gasteiger partial charge in [-0.3, -0.25) is 0 Å². The maximum absolute atomic E-state index is 11.3. The van der Waals surface area contributed by atoms with Crippen molar-refractivity contribution in [3.8, 4) is 0 Å². The van der Waals surface area contributed by atoms with Crippen molar-refractivity contribution in [3.05, 3.63) is 57.6 Å². The van der Waals surface area contributed by atoms with Gasteiger partial charge in [0.05, 0.1) is 5.56 Å². The lowest BCUT2D eigenvalue weighted by Gasteiger charge is -2.10. The van der Waals surface area contributed by atoms with Crippen molar-refractivity contribution in [2.45, 2.75) is 23.6 Å². The van der Waals surface area contributed by atoms with Crippen LogP contribution in [0, 0.1) is 13.8 Å². The number of carboxylic acids is 1. The van der Waals surface area contributed by atoms with E-state index in [1.54, 1.807) is 6.07 Å². The Morgan fingerprint density at radius 2 is 1.89 bits per heavy atom. The van der Waals surface area contributed by atoms with E-state index in [-0.39, 0.29) is 0 Å². The maximum Gasteiger partial charge on any atom is 0.338 e. The van der Waals surface area contributed by atoms with E-state index in [0.29, 0.717) is 10.0 Å². The van der Waals surface area contributed by atoms with Crippen LogP contribution >= 0.6 is 27.7 Å². The first-order valence-electron chi connectivity index (χ1n) is 5.76. The average molecular weight is 337 g/mol. The van der Waals surface area contributed by atoms with Gasteiger partial charge >= 0.3 is 5.97 Å². The van der Waals surface area contributed by atoms with Gasteiger partial charge in [0.15, 0.2) is 0 Å². The fourth-order valence-electron chi connectivity index (χ4n) is 1.83. The van der Waals surface area contributed by atoms with Gasteiger partial charge in [-0.1, -0.05) is 35.5 Å². The van der Waals surface area contributed by atoms with E-state index in [2.05, 4.69) is 22.0 Å². The Bertz CT molecular complexity index is 638. The van der Waals surface area contributed by atoms with E-state index in [9.17, 15) is 9.90 Å². The van der Waals surface area contributed by atoms with Crippen LogP contribution in [0.2, 0.25) is 0 Å². The first kappa shape index (κ1) is 14.2. The van der Waals surface area contributed by atoms with Gasteiger partial charge in [-0.15, -0.1) is 0 Å². The van der Waals surface area contributed by atoms with Crippen LogP contribution in [-0.4, -0.2) is 11.1 Å². The Balaban J connectivity index is 2.44. The average Bonchev–Trinajstić information content (AvgIpc) is 2.32. The summed E-state index contributed by atoms with van der Waals surface area (Å²) in [5.41, 5.74) is 2.67. The van der Waals surface area contributed by atoms with Gasteiger partial charge in [-0.25, -0.2) is 4.79 Å². The number of halogens is 1. The van der Waals surface area contributed by atoms with E-state index in [0.717, 1.165) is 15.4 Å². The van der Waals surface area contributed by atoms with Crippen LogP contribution in [0.15, 0.2) is 50.7 Å². The molecule has 0 amide bonds. The van der Waals surface area contributed by atoms with Crippen molar-refractivity contribution >= 4 is 33.7 Å². The largest absolute Gasteiger partial charge is 0.478 e. The molecule has 4 heteroatoms. The molecule has 2 aromatic rings. The van der Waals surface area contributed by atoms with Gasteiger partial charge in [0.1, 0.15) is 0 Å². The zero-order chi connectivity index (χ0) is 14.0. The van der Waals surface area contributed by atoms with Crippen molar-refractivity contribution < 1.29 is 9.90 Å². The van der Waals surface area contributed by atoms with Gasteiger partial charge < -0.3 is 5.11 Å². The van der Waals surface area contributed by atoms with E-state index in [4.69, 9.17) is 0 Å². The van der Waals surface area contributed by atoms with Crippen molar-refractivity contribution in [2.24, 2.45) is 0 Å². The third-order valence-electron chi connectivity index (χ3n) is 2.74. The van der Waals surface area contributed by atoms with Crippen LogP contribution in [0.5, 0.6) is 0 Å². The fourth-order valence-corrected chi connectivity index (χ4v) is 3.54. The zero-order valence-electron chi connectivity index (χ0n) is 10.6. The molecule has 2 aromatic carbocycles. The van der Waals surface area contributed by atoms with Crippen LogP contribution in [0.4, 0.5) is 0 Å². The van der Waals surface area contributed by atoms with Crippen LogP contribution < -0.4 is 0 Å². The molecule has 0 saturated heterocycles. The lowest BCUT2D eigenvalue weighted by Crippen LogP contribution is -2.00. The molecule has 0 unspecified atom stereocenters. The summed E-state index contributed by atoms with van der Waals surface area (Å²) >= 11 is 4.78. The summed E-state index contributed by atoms with van der Waals surface area (Å²) in [4.78, 5) is 13.1. The van der Waals surface area contributed by atoms with E-state index < -0.39 is 5.97 Å². The fraction of sp³-hybridized carbons (Fsp3) is 0.133. The minimum atomic E-state index is -0.917. The van der Waals surface area contributed by atoms with Gasteiger partial charge in [0.2, 0.25) is 0 Å². The molecule has 0 aliphatic carbocycles. The number of hydrogen-bond acceptors (Lipinski definition) is 2. The zero-order valence-corrected chi connectivity index (χ0v) is 13.0. The monoisotopic (exact) mass is 336 g/mol. The summed E-state index contributed by atoms with van der Waals surface area (Å²) in [5.74, 6) is -0.917. The minimum Gasteiger partial charge on any atom is -0.478 e. The Morgan fingerprint density at radius 3 is 2.53 bits per heavy atom. The van der Waals surface area contributed by atoms with E-state index in [1.807, 2.05) is 38.1 Å². The number of hydrogen-bond donors (Lipinski definition) is 1. The molecule has 2 nitrogen and oxygen atoms in total. The first-order valence-corrected chi connectivity index (χ1v) is 7.37. The van der Waals surface area contributed by atoms with E-state index in [1.165, 1.54) is 17.3 Å². The molecule has 0 radical (unpaired) electrons. The molecule has 98 valence electrons. The number of aryl methyl sites for hydroxylation is 2. The molecule has 0 aliphatic heterocycles. The highest BCUT2D eigenvalue weighted by atomic mass is 79.9. The molecular formula is C15H13BrO2S. The third kappa shape index (κ3) is 3.19. The minimum absolute atomic E-state index is 0.312. The van der Waals surface area contributed by atoms with Gasteiger partial charge in [-0.2, -0.15) is 0 Å². The van der Waals surface area contributed by atoms with Crippen LogP contribution in [0.3, 0.4) is 0 Å². The van der Waals surface area contributed by atoms with Gasteiger partial charge in [0.25, 0.3) is 0 Å². The summed E-state index contributed by atoms with van der Waals surface area (Å²) in [6.07, 6.45) is 0. The van der Waals surface area contributed by atoms with Crippen molar-refractivity contribution in [2.75, 3.05) is 0 Å². The molecule has 0 fully saturated rings. The molecule has 0 spiro atoms. The van der Waals surface area contributed by atoms with Gasteiger partial charge in [-0.05, 0) is 53.5 Å². The number of benzene rings is 2. The molecule has 0 aliphatic rings. The molecular weight excluding hydrogens is 324 g/mol. The molecule has 0 bridgehead atoms. The summed E-state index contributed by atoms with van der Waals surface area (Å²) in [6, 6.07) is 11.6. The summed E-state index contributed by atoms with van der Waals surface area (Å²) in [6.45, 7) is 4.08. The molecule has 2 rings (SSSR count). The second-order valence-corrected chi connectivity index (χ2v) is 6.23. The first-order chi connectivity index (χ1) is 8.99. The molecule has 0 saturated carbocycles. The van der Waals surface area contributed by atoms with Crippen molar-refractivity contribution in [3.63, 3.8) is 0 Å². The highest BCUT2D eigenvalue weighted by Crippen LogP contribution is 2.35. The Hall–Kier alpha value is -1.26. The molecule has 0 atom stereocenters. The van der Waals surface area contributed by atoms with Crippen LogP contribution in [0.25, 0.3) is 0 Å². The summed E-state index contributed by atoms with van der Waals surface area (Å²) < 4.78 is 0.606. The lowest BCUT2D eigenvalue weighted by molar-refractivity contribution is 0.0692. The van der Waals surface area contributed by atoms with E-state index >= 15 is 0 Å². The SMILES string of the molecule is Cc1ccc(Sc2cccc(Br)c2C(=O)O)c(C)c1. The Labute approximate surface area is 125 Å². The highest BCUT2D eigenvalue weighted by molar-refractivity contribution is 9.10. The predicted octanol–water partition coefficient (Wildman–Crippen LogP) is 4.92. The number of rotatable bonds is 3. The topological polar surface area (TPSA) is 37.3 Å². The number of carbonyl (C=O) groups is 1. The van der Waals surface area contributed by atoms with Crippen LogP contribution in [-0.2, 0) is 0 Å². The van der Waals surface area contributed by atoms with Crippen molar-refractivity contribution in [1.82, 2.24) is 0 Å². The summed E-state index contributed by atoms with van der Waals surface area (Å²) in [5, 5.41) is 9.29.